The zero-order valence-electron chi connectivity index (χ0n) is 26.0. The van der Waals surface area contributed by atoms with Gasteiger partial charge in [-0.25, -0.2) is 4.98 Å². The fourth-order valence-electron chi connectivity index (χ4n) is 4.34. The lowest BCUT2D eigenvalue weighted by Gasteiger charge is -2.40. The summed E-state index contributed by atoms with van der Waals surface area (Å²) in [4.78, 5) is 14.3. The zero-order chi connectivity index (χ0) is 29.3. The van der Waals surface area contributed by atoms with Crippen LogP contribution in [0, 0.1) is 0 Å². The van der Waals surface area contributed by atoms with Crippen molar-refractivity contribution in [3.63, 3.8) is 0 Å². The van der Waals surface area contributed by atoms with Gasteiger partial charge in [0.15, 0.2) is 16.6 Å². The Hall–Kier alpha value is -2.24. The Balaban J connectivity index is 1.70. The van der Waals surface area contributed by atoms with Crippen LogP contribution in [0.25, 0.3) is 22.8 Å². The third kappa shape index (κ3) is 6.79. The Bertz CT molecular complexity index is 1270. The Morgan fingerprint density at radius 3 is 1.93 bits per heavy atom. The van der Waals surface area contributed by atoms with Gasteiger partial charge in [0.25, 0.3) is 0 Å². The van der Waals surface area contributed by atoms with Gasteiger partial charge in [0, 0.05) is 24.4 Å². The molecule has 0 aliphatic carbocycles. The van der Waals surface area contributed by atoms with Gasteiger partial charge in [0.1, 0.15) is 6.10 Å². The van der Waals surface area contributed by atoms with Gasteiger partial charge in [-0.15, -0.1) is 0 Å². The normalized spacial score (nSPS) is 20.6. The molecule has 0 aromatic carbocycles. The van der Waals surface area contributed by atoms with Gasteiger partial charge in [0.05, 0.1) is 41.6 Å². The van der Waals surface area contributed by atoms with Crippen molar-refractivity contribution < 1.29 is 13.6 Å². The third-order valence-electron chi connectivity index (χ3n) is 8.98. The second-order valence-corrected chi connectivity index (χ2v) is 23.5. The first-order chi connectivity index (χ1) is 18.6. The lowest BCUT2D eigenvalue weighted by Crippen LogP contribution is -2.48. The maximum atomic E-state index is 7.02. The summed E-state index contributed by atoms with van der Waals surface area (Å²) in [5.74, 6) is 0. The number of aromatic nitrogens is 3. The lowest BCUT2D eigenvalue weighted by molar-refractivity contribution is -0.0163. The molecule has 216 valence electrons. The van der Waals surface area contributed by atoms with Crippen LogP contribution in [0.15, 0.2) is 60.9 Å². The molecule has 8 heteroatoms. The van der Waals surface area contributed by atoms with Gasteiger partial charge in [-0.2, -0.15) is 0 Å². The molecule has 0 amide bonds. The topological polar surface area (TPSA) is 66.4 Å². The molecule has 40 heavy (non-hydrogen) atoms. The average Bonchev–Trinajstić information content (AvgIpc) is 3.28. The van der Waals surface area contributed by atoms with Crippen molar-refractivity contribution in [2.45, 2.75) is 103 Å². The first-order valence-electron chi connectivity index (χ1n) is 14.4. The number of hydrogen-bond donors (Lipinski definition) is 0. The quantitative estimate of drug-likeness (QED) is 0.250. The van der Waals surface area contributed by atoms with E-state index in [1.54, 1.807) is 6.20 Å². The Morgan fingerprint density at radius 2 is 1.38 bits per heavy atom. The molecule has 1 aliphatic rings. The smallest absolute Gasteiger partial charge is 0.192 e. The van der Waals surface area contributed by atoms with Crippen molar-refractivity contribution in [2.75, 3.05) is 6.61 Å². The molecule has 4 rings (SSSR count). The number of hydrogen-bond acceptors (Lipinski definition) is 6. The summed E-state index contributed by atoms with van der Waals surface area (Å²) in [5, 5.41) is 0.221. The average molecular weight is 578 g/mol. The molecule has 0 N–H and O–H groups in total. The van der Waals surface area contributed by atoms with Crippen LogP contribution in [0.4, 0.5) is 0 Å². The van der Waals surface area contributed by atoms with Crippen molar-refractivity contribution in [1.29, 1.82) is 0 Å². The molecule has 3 aromatic rings. The first-order valence-corrected chi connectivity index (χ1v) is 20.2. The van der Waals surface area contributed by atoms with Gasteiger partial charge >= 0.3 is 0 Å². The van der Waals surface area contributed by atoms with Crippen molar-refractivity contribution in [1.82, 2.24) is 15.0 Å². The van der Waals surface area contributed by atoms with Crippen molar-refractivity contribution >= 4 is 16.6 Å². The molecule has 0 spiro atoms. The van der Waals surface area contributed by atoms with Crippen molar-refractivity contribution in [2.24, 2.45) is 0 Å². The molecule has 4 heterocycles. The summed E-state index contributed by atoms with van der Waals surface area (Å²) in [7, 11) is -4.01. The molecule has 6 nitrogen and oxygen atoms in total. The molecule has 1 saturated heterocycles. The predicted octanol–water partition coefficient (Wildman–Crippen LogP) is 8.45. The van der Waals surface area contributed by atoms with Crippen LogP contribution in [0.2, 0.25) is 36.3 Å². The van der Waals surface area contributed by atoms with Crippen LogP contribution >= 0.6 is 0 Å². The SMILES string of the molecule is CC(C)(C)[Si](C)(C)OC[C@H]1O[C@@H](c2ccc(-c3ccccn3)nc2-c2ccccn2)C[C@@H]1O[Si](C)(C)C(C)(C)C. The standard InChI is InChI=1S/C32H47N3O3Si2/c1-31(2,3)39(7,8)36-22-29-28(38-40(9,10)32(4,5)6)21-27(37-29)23-17-18-25(24-15-11-13-19-33-24)35-30(23)26-16-12-14-20-34-26/h11-20,27-29H,21-22H2,1-10H3/t27-,28+,29-/m1/s1. The first kappa shape index (κ1) is 30.7. The monoisotopic (exact) mass is 577 g/mol. The highest BCUT2D eigenvalue weighted by Gasteiger charge is 2.47. The van der Waals surface area contributed by atoms with E-state index in [1.165, 1.54) is 0 Å². The zero-order valence-corrected chi connectivity index (χ0v) is 28.0. The predicted molar refractivity (Wildman–Crippen MR) is 168 cm³/mol. The lowest BCUT2D eigenvalue weighted by atomic mass is 10.00. The van der Waals surface area contributed by atoms with Gasteiger partial charge in [-0.05, 0) is 66.6 Å². The molecular weight excluding hydrogens is 531 g/mol. The van der Waals surface area contributed by atoms with E-state index in [2.05, 4.69) is 83.8 Å². The second kappa shape index (κ2) is 11.6. The van der Waals surface area contributed by atoms with E-state index >= 15 is 0 Å². The fraction of sp³-hybridized carbons (Fsp3) is 0.531. The highest BCUT2D eigenvalue weighted by Crippen LogP contribution is 2.45. The maximum absolute atomic E-state index is 7.02. The van der Waals surface area contributed by atoms with Crippen LogP contribution < -0.4 is 0 Å². The van der Waals surface area contributed by atoms with E-state index < -0.39 is 16.6 Å². The molecular formula is C32H47N3O3Si2. The van der Waals surface area contributed by atoms with Crippen LogP contribution in [0.5, 0.6) is 0 Å². The summed E-state index contributed by atoms with van der Waals surface area (Å²) in [5.41, 5.74) is 4.32. The molecule has 1 aliphatic heterocycles. The van der Waals surface area contributed by atoms with Gasteiger partial charge in [-0.3, -0.25) is 9.97 Å². The summed E-state index contributed by atoms with van der Waals surface area (Å²) in [6, 6.07) is 16.0. The summed E-state index contributed by atoms with van der Waals surface area (Å²) in [6.07, 6.45) is 3.97. The largest absolute Gasteiger partial charge is 0.414 e. The van der Waals surface area contributed by atoms with E-state index in [-0.39, 0.29) is 28.4 Å². The third-order valence-corrected chi connectivity index (χ3v) is 18.0. The van der Waals surface area contributed by atoms with E-state index in [4.69, 9.17) is 18.6 Å². The summed E-state index contributed by atoms with van der Waals surface area (Å²) < 4.78 is 20.6. The summed E-state index contributed by atoms with van der Waals surface area (Å²) in [6.45, 7) is 23.4. The van der Waals surface area contributed by atoms with Crippen LogP contribution in [0.3, 0.4) is 0 Å². The van der Waals surface area contributed by atoms with Crippen LogP contribution in [0.1, 0.15) is 59.6 Å². The van der Waals surface area contributed by atoms with E-state index in [9.17, 15) is 0 Å². The molecule has 3 aromatic heterocycles. The molecule has 0 radical (unpaired) electrons. The number of ether oxygens (including phenoxy) is 1. The van der Waals surface area contributed by atoms with Crippen molar-refractivity contribution in [3.8, 4) is 22.8 Å². The maximum Gasteiger partial charge on any atom is 0.192 e. The number of pyridine rings is 3. The fourth-order valence-corrected chi connectivity index (χ4v) is 6.72. The Labute approximate surface area is 243 Å². The molecule has 3 atom stereocenters. The molecule has 0 unspecified atom stereocenters. The number of rotatable bonds is 8. The van der Waals surface area contributed by atoms with Crippen molar-refractivity contribution in [3.05, 3.63) is 66.5 Å². The minimum atomic E-state index is -2.04. The van der Waals surface area contributed by atoms with Gasteiger partial charge in [0.2, 0.25) is 0 Å². The minimum absolute atomic E-state index is 0.0530. The molecule has 1 fully saturated rings. The number of nitrogens with zero attached hydrogens (tertiary/aromatic N) is 3. The highest BCUT2D eigenvalue weighted by molar-refractivity contribution is 6.74. The van der Waals surface area contributed by atoms with E-state index in [0.29, 0.717) is 6.61 Å². The molecule has 0 bridgehead atoms. The van der Waals surface area contributed by atoms with Gasteiger partial charge < -0.3 is 13.6 Å². The molecule has 0 saturated carbocycles. The summed E-state index contributed by atoms with van der Waals surface area (Å²) >= 11 is 0. The van der Waals surface area contributed by atoms with E-state index in [1.807, 2.05) is 48.7 Å². The van der Waals surface area contributed by atoms with Crippen LogP contribution in [-0.4, -0.2) is 50.4 Å². The Kier molecular flexibility index (Phi) is 8.88. The second-order valence-electron chi connectivity index (χ2n) is 14.0. The van der Waals surface area contributed by atoms with Crippen LogP contribution in [-0.2, 0) is 13.6 Å². The van der Waals surface area contributed by atoms with E-state index in [0.717, 1.165) is 34.8 Å². The Morgan fingerprint density at radius 1 is 0.775 bits per heavy atom. The minimum Gasteiger partial charge on any atom is -0.414 e. The van der Waals surface area contributed by atoms with Gasteiger partial charge in [-0.1, -0.05) is 59.7 Å². The highest BCUT2D eigenvalue weighted by atomic mass is 28.4.